The van der Waals surface area contributed by atoms with E-state index < -0.39 is 0 Å². The van der Waals surface area contributed by atoms with E-state index in [1.165, 1.54) is 0 Å². The van der Waals surface area contributed by atoms with Crippen molar-refractivity contribution in [2.75, 3.05) is 0 Å². The van der Waals surface area contributed by atoms with E-state index in [0.29, 0.717) is 6.54 Å². The molecule has 80 valence electrons. The van der Waals surface area contributed by atoms with Gasteiger partial charge in [0.2, 0.25) is 0 Å². The second-order valence-electron chi connectivity index (χ2n) is 3.03. The van der Waals surface area contributed by atoms with E-state index in [1.807, 2.05) is 29.7 Å². The lowest BCUT2D eigenvalue weighted by molar-refractivity contribution is 0.761. The molecule has 1 aromatic carbocycles. The zero-order chi connectivity index (χ0) is 11.4. The highest BCUT2D eigenvalue weighted by Crippen LogP contribution is 2.18. The molecule has 0 radical (unpaired) electrons. The first-order valence-electron chi connectivity index (χ1n) is 4.61. The molecule has 0 saturated heterocycles. The highest BCUT2D eigenvalue weighted by Gasteiger charge is 2.04. The first kappa shape index (κ1) is 10.7. The fraction of sp³-hybridized carbons (Fsp3) is 0.100. The number of rotatable bonds is 3. The number of nitrogens with two attached hydrogens (primary N) is 1. The SMILES string of the molecule is N#CSc1ccc(-n2nncc2CN)cc1. The Labute approximate surface area is 96.9 Å². The number of benzene rings is 1. The summed E-state index contributed by atoms with van der Waals surface area (Å²) in [5.74, 6) is 0. The van der Waals surface area contributed by atoms with Crippen LogP contribution in [-0.4, -0.2) is 15.0 Å². The molecule has 1 heterocycles. The van der Waals surface area contributed by atoms with E-state index >= 15 is 0 Å². The Morgan fingerprint density at radius 3 is 2.75 bits per heavy atom. The minimum atomic E-state index is 0.391. The van der Waals surface area contributed by atoms with Crippen LogP contribution in [0.25, 0.3) is 5.69 Å². The lowest BCUT2D eigenvalue weighted by Crippen LogP contribution is -2.06. The molecule has 1 aromatic heterocycles. The van der Waals surface area contributed by atoms with Crippen molar-refractivity contribution in [3.05, 3.63) is 36.2 Å². The molecule has 0 aliphatic carbocycles. The van der Waals surface area contributed by atoms with E-state index in [-0.39, 0.29) is 0 Å². The maximum atomic E-state index is 8.52. The minimum absolute atomic E-state index is 0.391. The van der Waals surface area contributed by atoms with E-state index in [9.17, 15) is 0 Å². The zero-order valence-electron chi connectivity index (χ0n) is 8.37. The van der Waals surface area contributed by atoms with Crippen molar-refractivity contribution >= 4 is 11.8 Å². The van der Waals surface area contributed by atoms with Gasteiger partial charge in [-0.3, -0.25) is 0 Å². The summed E-state index contributed by atoms with van der Waals surface area (Å²) in [6.45, 7) is 0.391. The number of thiocyanates is 1. The van der Waals surface area contributed by atoms with Crippen LogP contribution in [0.3, 0.4) is 0 Å². The average molecular weight is 231 g/mol. The second kappa shape index (κ2) is 4.79. The topological polar surface area (TPSA) is 80.5 Å². The molecule has 5 nitrogen and oxygen atoms in total. The van der Waals surface area contributed by atoms with Gasteiger partial charge in [-0.15, -0.1) is 5.10 Å². The molecule has 0 saturated carbocycles. The Morgan fingerprint density at radius 2 is 2.12 bits per heavy atom. The molecule has 0 spiro atoms. The van der Waals surface area contributed by atoms with Crippen molar-refractivity contribution < 1.29 is 0 Å². The van der Waals surface area contributed by atoms with Gasteiger partial charge in [0.15, 0.2) is 0 Å². The summed E-state index contributed by atoms with van der Waals surface area (Å²) in [6.07, 6.45) is 1.64. The van der Waals surface area contributed by atoms with Crippen LogP contribution in [0.1, 0.15) is 5.69 Å². The molecule has 16 heavy (non-hydrogen) atoms. The van der Waals surface area contributed by atoms with E-state index in [2.05, 4.69) is 10.3 Å². The van der Waals surface area contributed by atoms with Gasteiger partial charge in [-0.1, -0.05) is 5.21 Å². The molecular formula is C10H9N5S. The summed E-state index contributed by atoms with van der Waals surface area (Å²) in [7, 11) is 0. The third-order valence-corrected chi connectivity index (χ3v) is 2.67. The van der Waals surface area contributed by atoms with Gasteiger partial charge in [0.25, 0.3) is 0 Å². The highest BCUT2D eigenvalue weighted by molar-refractivity contribution is 8.03. The van der Waals surface area contributed by atoms with Gasteiger partial charge in [0.05, 0.1) is 17.6 Å². The first-order chi connectivity index (χ1) is 7.85. The fourth-order valence-corrected chi connectivity index (χ4v) is 1.70. The van der Waals surface area contributed by atoms with Crippen LogP contribution >= 0.6 is 11.8 Å². The molecule has 6 heteroatoms. The second-order valence-corrected chi connectivity index (χ2v) is 3.89. The molecule has 0 aliphatic rings. The van der Waals surface area contributed by atoms with Crippen LogP contribution in [0.4, 0.5) is 0 Å². The Hall–Kier alpha value is -1.84. The number of aromatic nitrogens is 3. The van der Waals surface area contributed by atoms with Gasteiger partial charge in [0, 0.05) is 11.4 Å². The minimum Gasteiger partial charge on any atom is -0.325 e. The van der Waals surface area contributed by atoms with Crippen molar-refractivity contribution in [1.82, 2.24) is 15.0 Å². The Balaban J connectivity index is 2.32. The van der Waals surface area contributed by atoms with Gasteiger partial charge in [-0.05, 0) is 36.0 Å². The number of nitrogens with zero attached hydrogens (tertiary/aromatic N) is 4. The molecule has 2 N–H and O–H groups in total. The van der Waals surface area contributed by atoms with Crippen LogP contribution < -0.4 is 5.73 Å². The Bertz CT molecular complexity index is 511. The lowest BCUT2D eigenvalue weighted by atomic mass is 10.3. The molecule has 0 bridgehead atoms. The smallest absolute Gasteiger partial charge is 0.138 e. The Morgan fingerprint density at radius 1 is 1.38 bits per heavy atom. The standard InChI is InChI=1S/C10H9N5S/c11-5-9-6-13-14-15(9)8-1-3-10(4-2-8)16-7-12/h1-4,6H,5,11H2. The van der Waals surface area contributed by atoms with Gasteiger partial charge >= 0.3 is 0 Å². The third kappa shape index (κ3) is 2.05. The summed E-state index contributed by atoms with van der Waals surface area (Å²) in [4.78, 5) is 0.903. The highest BCUT2D eigenvalue weighted by atomic mass is 32.2. The summed E-state index contributed by atoms with van der Waals surface area (Å²) >= 11 is 1.13. The largest absolute Gasteiger partial charge is 0.325 e. The molecule has 0 fully saturated rings. The zero-order valence-corrected chi connectivity index (χ0v) is 9.18. The van der Waals surface area contributed by atoms with Crippen molar-refractivity contribution in [1.29, 1.82) is 5.26 Å². The Kier molecular flexibility index (Phi) is 3.19. The molecule has 2 aromatic rings. The summed E-state index contributed by atoms with van der Waals surface area (Å²) in [5, 5.41) is 18.3. The normalized spacial score (nSPS) is 10.0. The summed E-state index contributed by atoms with van der Waals surface area (Å²) in [5.41, 5.74) is 7.30. The molecule has 0 amide bonds. The molecule has 0 aliphatic heterocycles. The van der Waals surface area contributed by atoms with E-state index in [4.69, 9.17) is 11.0 Å². The van der Waals surface area contributed by atoms with E-state index in [1.54, 1.807) is 10.9 Å². The monoisotopic (exact) mass is 231 g/mol. The van der Waals surface area contributed by atoms with Gasteiger partial charge in [-0.2, -0.15) is 5.26 Å². The van der Waals surface area contributed by atoms with Crippen LogP contribution in [0.2, 0.25) is 0 Å². The number of hydrogen-bond acceptors (Lipinski definition) is 5. The predicted molar refractivity (Wildman–Crippen MR) is 60.7 cm³/mol. The van der Waals surface area contributed by atoms with Crippen molar-refractivity contribution in [2.45, 2.75) is 11.4 Å². The predicted octanol–water partition coefficient (Wildman–Crippen LogP) is 1.30. The molecule has 0 unspecified atom stereocenters. The quantitative estimate of drug-likeness (QED) is 0.636. The number of thioether (sulfide) groups is 1. The van der Waals surface area contributed by atoms with Crippen molar-refractivity contribution in [3.63, 3.8) is 0 Å². The molecule has 0 atom stereocenters. The first-order valence-corrected chi connectivity index (χ1v) is 5.43. The summed E-state index contributed by atoms with van der Waals surface area (Å²) in [6, 6.07) is 7.50. The van der Waals surface area contributed by atoms with Crippen LogP contribution in [0, 0.1) is 10.7 Å². The molecular weight excluding hydrogens is 222 g/mol. The van der Waals surface area contributed by atoms with Crippen molar-refractivity contribution in [3.8, 4) is 11.1 Å². The number of nitriles is 1. The lowest BCUT2D eigenvalue weighted by Gasteiger charge is -2.04. The van der Waals surface area contributed by atoms with Crippen molar-refractivity contribution in [2.24, 2.45) is 5.73 Å². The maximum Gasteiger partial charge on any atom is 0.138 e. The number of hydrogen-bond donors (Lipinski definition) is 1. The maximum absolute atomic E-state index is 8.52. The van der Waals surface area contributed by atoms with Gasteiger partial charge in [-0.25, -0.2) is 4.68 Å². The molecule has 2 rings (SSSR count). The summed E-state index contributed by atoms with van der Waals surface area (Å²) < 4.78 is 1.68. The van der Waals surface area contributed by atoms with Crippen LogP contribution in [0.15, 0.2) is 35.4 Å². The van der Waals surface area contributed by atoms with Gasteiger partial charge in [0.1, 0.15) is 5.40 Å². The average Bonchev–Trinajstić information content (AvgIpc) is 2.78. The fourth-order valence-electron chi connectivity index (χ4n) is 1.32. The van der Waals surface area contributed by atoms with E-state index in [0.717, 1.165) is 28.0 Å². The van der Waals surface area contributed by atoms with Crippen LogP contribution in [-0.2, 0) is 6.54 Å². The van der Waals surface area contributed by atoms with Crippen LogP contribution in [0.5, 0.6) is 0 Å². The van der Waals surface area contributed by atoms with Gasteiger partial charge < -0.3 is 5.73 Å². The third-order valence-electron chi connectivity index (χ3n) is 2.07.